The van der Waals surface area contributed by atoms with E-state index in [9.17, 15) is 30.7 Å². The van der Waals surface area contributed by atoms with E-state index < -0.39 is 64.7 Å². The molecule has 1 aliphatic carbocycles. The Morgan fingerprint density at radius 2 is 1.68 bits per heavy atom. The van der Waals surface area contributed by atoms with Gasteiger partial charge in [0.05, 0.1) is 0 Å². The molecule has 118 valence electrons. The van der Waals surface area contributed by atoms with Crippen LogP contribution < -0.4 is 5.46 Å². The van der Waals surface area contributed by atoms with Crippen LogP contribution in [0.4, 0.5) is 30.7 Å². The smallest absolute Gasteiger partial charge is 0.207 e. The Morgan fingerprint density at radius 1 is 1.09 bits per heavy atom. The SMILES string of the molecule is Cc1c(F)cc(F)c(BC2=C(F)C(F)C(C)(F)C=C2F)c1F. The molecule has 0 spiro atoms. The van der Waals surface area contributed by atoms with Crippen LogP contribution in [0.25, 0.3) is 0 Å². The number of rotatable bonds is 2. The highest BCUT2D eigenvalue weighted by molar-refractivity contribution is 6.62. The lowest BCUT2D eigenvalue weighted by atomic mass is 9.59. The Hall–Kier alpha value is -1.73. The molecule has 22 heavy (non-hydrogen) atoms. The summed E-state index contributed by atoms with van der Waals surface area (Å²) >= 11 is 0. The molecule has 0 N–H and O–H groups in total. The third kappa shape index (κ3) is 2.66. The standard InChI is InChI=1S/C14H10BF7/c1-5-6(16)3-7(17)9(11(5)19)15-10-8(18)4-14(2,22)13(21)12(10)20/h3-4,13,15H,1-2H3. The van der Waals surface area contributed by atoms with Gasteiger partial charge >= 0.3 is 0 Å². The highest BCUT2D eigenvalue weighted by atomic mass is 19.2. The summed E-state index contributed by atoms with van der Waals surface area (Å²) in [4.78, 5) is 0. The third-order valence-electron chi connectivity index (χ3n) is 3.55. The number of halogens is 7. The van der Waals surface area contributed by atoms with Crippen LogP contribution in [-0.4, -0.2) is 19.1 Å². The van der Waals surface area contributed by atoms with E-state index in [1.54, 1.807) is 0 Å². The van der Waals surface area contributed by atoms with Crippen LogP contribution in [0.2, 0.25) is 0 Å². The lowest BCUT2D eigenvalue weighted by Crippen LogP contribution is -2.37. The van der Waals surface area contributed by atoms with Crippen molar-refractivity contribution in [1.29, 1.82) is 0 Å². The van der Waals surface area contributed by atoms with Gasteiger partial charge in [0, 0.05) is 11.6 Å². The average Bonchev–Trinajstić information content (AvgIpc) is 2.41. The molecule has 0 bridgehead atoms. The molecule has 2 atom stereocenters. The van der Waals surface area contributed by atoms with Gasteiger partial charge in [-0.1, -0.05) is 0 Å². The van der Waals surface area contributed by atoms with Crippen LogP contribution >= 0.6 is 0 Å². The summed E-state index contributed by atoms with van der Waals surface area (Å²) in [7, 11) is -0.997. The molecule has 0 amide bonds. The van der Waals surface area contributed by atoms with Gasteiger partial charge in [0.1, 0.15) is 29.1 Å². The normalized spacial score (nSPS) is 25.3. The van der Waals surface area contributed by atoms with E-state index in [-0.39, 0.29) is 6.08 Å². The second-order valence-corrected chi connectivity index (χ2v) is 5.27. The van der Waals surface area contributed by atoms with Gasteiger partial charge in [-0.2, -0.15) is 0 Å². The monoisotopic (exact) mass is 322 g/mol. The van der Waals surface area contributed by atoms with Crippen LogP contribution in [0.3, 0.4) is 0 Å². The topological polar surface area (TPSA) is 0 Å². The Kier molecular flexibility index (Phi) is 4.15. The molecular formula is C14H10BF7. The largest absolute Gasteiger partial charge is 0.236 e. The van der Waals surface area contributed by atoms with Crippen LogP contribution in [-0.2, 0) is 0 Å². The first-order chi connectivity index (χ1) is 10.1. The first kappa shape index (κ1) is 16.6. The molecule has 0 heterocycles. The first-order valence-corrected chi connectivity index (χ1v) is 6.29. The van der Waals surface area contributed by atoms with Crippen molar-refractivity contribution in [3.63, 3.8) is 0 Å². The molecule has 0 aromatic heterocycles. The van der Waals surface area contributed by atoms with Crippen molar-refractivity contribution < 1.29 is 30.7 Å². The zero-order valence-corrected chi connectivity index (χ0v) is 11.6. The fourth-order valence-electron chi connectivity index (χ4n) is 2.17. The minimum atomic E-state index is -2.90. The van der Waals surface area contributed by atoms with E-state index in [0.717, 1.165) is 6.92 Å². The maximum atomic E-state index is 13.8. The predicted molar refractivity (Wildman–Crippen MR) is 69.6 cm³/mol. The molecule has 8 heteroatoms. The van der Waals surface area contributed by atoms with Crippen LogP contribution in [0.5, 0.6) is 0 Å². The van der Waals surface area contributed by atoms with E-state index >= 15 is 0 Å². The van der Waals surface area contributed by atoms with E-state index in [0.29, 0.717) is 13.0 Å². The van der Waals surface area contributed by atoms with Crippen LogP contribution in [0.15, 0.2) is 29.3 Å². The summed E-state index contributed by atoms with van der Waals surface area (Å²) in [6.07, 6.45) is -2.57. The molecule has 0 aliphatic heterocycles. The Bertz CT molecular complexity index is 691. The molecule has 2 rings (SSSR count). The molecule has 1 aromatic rings. The van der Waals surface area contributed by atoms with Crippen molar-refractivity contribution >= 4 is 12.7 Å². The van der Waals surface area contributed by atoms with Gasteiger partial charge in [-0.05, 0) is 30.9 Å². The van der Waals surface area contributed by atoms with Gasteiger partial charge in [-0.3, -0.25) is 0 Å². The average molecular weight is 322 g/mol. The molecule has 0 saturated heterocycles. The van der Waals surface area contributed by atoms with Gasteiger partial charge in [-0.15, -0.1) is 0 Å². The summed E-state index contributed by atoms with van der Waals surface area (Å²) in [5.74, 6) is -7.07. The van der Waals surface area contributed by atoms with Crippen molar-refractivity contribution in [2.45, 2.75) is 25.7 Å². The zero-order chi connectivity index (χ0) is 16.8. The summed E-state index contributed by atoms with van der Waals surface area (Å²) in [6.45, 7) is 1.65. The molecule has 0 radical (unpaired) electrons. The van der Waals surface area contributed by atoms with Crippen LogP contribution in [0.1, 0.15) is 12.5 Å². The number of alkyl halides is 2. The third-order valence-corrected chi connectivity index (χ3v) is 3.55. The van der Waals surface area contributed by atoms with E-state index in [2.05, 4.69) is 0 Å². The molecule has 0 nitrogen and oxygen atoms in total. The second kappa shape index (κ2) is 5.48. The van der Waals surface area contributed by atoms with Gasteiger partial charge in [0.2, 0.25) is 7.28 Å². The minimum absolute atomic E-state index is 0.211. The highest BCUT2D eigenvalue weighted by Gasteiger charge is 2.43. The van der Waals surface area contributed by atoms with Gasteiger partial charge in [0.15, 0.2) is 11.8 Å². The Labute approximate surface area is 122 Å². The molecule has 0 fully saturated rings. The van der Waals surface area contributed by atoms with Crippen molar-refractivity contribution in [2.24, 2.45) is 0 Å². The highest BCUT2D eigenvalue weighted by Crippen LogP contribution is 2.37. The quantitative estimate of drug-likeness (QED) is 0.577. The summed E-state index contributed by atoms with van der Waals surface area (Å²) in [5.41, 5.74) is -5.24. The summed E-state index contributed by atoms with van der Waals surface area (Å²) < 4.78 is 95.3. The van der Waals surface area contributed by atoms with Gasteiger partial charge in [-0.25, -0.2) is 30.7 Å². The Morgan fingerprint density at radius 3 is 2.27 bits per heavy atom. The Balaban J connectivity index is 2.50. The molecular weight excluding hydrogens is 312 g/mol. The first-order valence-electron chi connectivity index (χ1n) is 6.29. The van der Waals surface area contributed by atoms with E-state index in [1.165, 1.54) is 0 Å². The second-order valence-electron chi connectivity index (χ2n) is 5.27. The molecule has 1 aliphatic rings. The van der Waals surface area contributed by atoms with E-state index in [4.69, 9.17) is 0 Å². The minimum Gasteiger partial charge on any atom is -0.236 e. The summed E-state index contributed by atoms with van der Waals surface area (Å²) in [5, 5.41) is 0. The number of allylic oxidation sites excluding steroid dienone is 4. The number of benzene rings is 1. The van der Waals surface area contributed by atoms with Crippen molar-refractivity contribution in [3.8, 4) is 0 Å². The zero-order valence-electron chi connectivity index (χ0n) is 11.6. The fraction of sp³-hybridized carbons (Fsp3) is 0.286. The molecule has 1 aromatic carbocycles. The van der Waals surface area contributed by atoms with E-state index in [1.807, 2.05) is 0 Å². The fourth-order valence-corrected chi connectivity index (χ4v) is 2.17. The van der Waals surface area contributed by atoms with Crippen LogP contribution in [0, 0.1) is 24.4 Å². The van der Waals surface area contributed by atoms with Gasteiger partial charge < -0.3 is 0 Å². The maximum absolute atomic E-state index is 13.8. The maximum Gasteiger partial charge on any atom is 0.207 e. The number of hydrogen-bond acceptors (Lipinski definition) is 0. The van der Waals surface area contributed by atoms with Crippen molar-refractivity contribution in [3.05, 3.63) is 52.3 Å². The van der Waals surface area contributed by atoms with Crippen molar-refractivity contribution in [1.82, 2.24) is 0 Å². The van der Waals surface area contributed by atoms with Crippen molar-refractivity contribution in [2.75, 3.05) is 0 Å². The lowest BCUT2D eigenvalue weighted by molar-refractivity contribution is 0.114. The summed E-state index contributed by atoms with van der Waals surface area (Å²) in [6, 6.07) is 0.364. The van der Waals surface area contributed by atoms with Gasteiger partial charge in [0.25, 0.3) is 0 Å². The number of hydrogen-bond donors (Lipinski definition) is 0. The predicted octanol–water partition coefficient (Wildman–Crippen LogP) is 3.59. The molecule has 2 unspecified atom stereocenters. The molecule has 0 saturated carbocycles. The lowest BCUT2D eigenvalue weighted by Gasteiger charge is -2.26.